The summed E-state index contributed by atoms with van der Waals surface area (Å²) in [4.78, 5) is 26.4. The highest BCUT2D eigenvalue weighted by atomic mass is 35.5. The molecule has 0 radical (unpaired) electrons. The Kier molecular flexibility index (Phi) is 3.88. The zero-order chi connectivity index (χ0) is 17.6. The van der Waals surface area contributed by atoms with Gasteiger partial charge in [0, 0.05) is 16.8 Å². The summed E-state index contributed by atoms with van der Waals surface area (Å²) < 4.78 is 15.2. The highest BCUT2D eigenvalue weighted by molar-refractivity contribution is 6.30. The smallest absolute Gasteiger partial charge is 0.337 e. The Morgan fingerprint density at radius 3 is 2.75 bits per heavy atom. The van der Waals surface area contributed by atoms with E-state index in [-0.39, 0.29) is 33.4 Å². The molecule has 24 heavy (non-hydrogen) atoms. The number of benzene rings is 1. The number of aromatic nitrogens is 3. The van der Waals surface area contributed by atoms with Crippen molar-refractivity contribution >= 4 is 23.1 Å². The molecule has 3 rings (SSSR count). The van der Waals surface area contributed by atoms with Crippen LogP contribution < -0.4 is 5.56 Å². The van der Waals surface area contributed by atoms with Gasteiger partial charge in [0.1, 0.15) is 11.3 Å². The lowest BCUT2D eigenvalue weighted by atomic mass is 10.0. The van der Waals surface area contributed by atoms with E-state index < -0.39 is 17.3 Å². The lowest BCUT2D eigenvalue weighted by Crippen LogP contribution is -2.15. The van der Waals surface area contributed by atoms with E-state index in [4.69, 9.17) is 11.6 Å². The summed E-state index contributed by atoms with van der Waals surface area (Å²) in [6.07, 6.45) is 1.26. The molecule has 2 aromatic heterocycles. The van der Waals surface area contributed by atoms with Crippen molar-refractivity contribution in [2.75, 3.05) is 0 Å². The largest absolute Gasteiger partial charge is 0.478 e. The van der Waals surface area contributed by atoms with E-state index in [0.29, 0.717) is 5.56 Å². The van der Waals surface area contributed by atoms with Gasteiger partial charge in [0.2, 0.25) is 0 Å². The summed E-state index contributed by atoms with van der Waals surface area (Å²) in [6.45, 7) is 3.57. The van der Waals surface area contributed by atoms with Crippen molar-refractivity contribution in [1.29, 1.82) is 0 Å². The van der Waals surface area contributed by atoms with Crippen LogP contribution in [0.15, 0.2) is 29.2 Å². The van der Waals surface area contributed by atoms with Crippen molar-refractivity contribution in [2.24, 2.45) is 0 Å². The van der Waals surface area contributed by atoms with E-state index in [0.717, 1.165) is 0 Å². The van der Waals surface area contributed by atoms with Crippen LogP contribution in [0.5, 0.6) is 0 Å². The van der Waals surface area contributed by atoms with Crippen LogP contribution in [0.2, 0.25) is 5.02 Å². The quantitative estimate of drug-likeness (QED) is 0.759. The molecule has 2 heterocycles. The van der Waals surface area contributed by atoms with Crippen molar-refractivity contribution in [3.8, 4) is 11.4 Å². The second-order valence-electron chi connectivity index (χ2n) is 5.64. The number of carboxylic acids is 1. The first-order chi connectivity index (χ1) is 11.3. The maximum atomic E-state index is 14.0. The normalized spacial score (nSPS) is 11.4. The molecule has 3 aromatic rings. The van der Waals surface area contributed by atoms with Gasteiger partial charge in [-0.25, -0.2) is 13.7 Å². The molecule has 0 spiro atoms. The van der Waals surface area contributed by atoms with Crippen LogP contribution in [0.25, 0.3) is 16.9 Å². The van der Waals surface area contributed by atoms with Gasteiger partial charge in [-0.1, -0.05) is 25.4 Å². The minimum atomic E-state index is -1.15. The third-order valence-electron chi connectivity index (χ3n) is 3.67. The molecule has 2 N–H and O–H groups in total. The van der Waals surface area contributed by atoms with Gasteiger partial charge >= 0.3 is 5.97 Å². The molecular weight excluding hydrogens is 337 g/mol. The maximum Gasteiger partial charge on any atom is 0.337 e. The van der Waals surface area contributed by atoms with Crippen molar-refractivity contribution < 1.29 is 14.3 Å². The second kappa shape index (κ2) is 5.76. The van der Waals surface area contributed by atoms with E-state index in [1.54, 1.807) is 13.8 Å². The van der Waals surface area contributed by atoms with Crippen LogP contribution in [-0.4, -0.2) is 25.7 Å². The summed E-state index contributed by atoms with van der Waals surface area (Å²) in [5.74, 6) is -1.98. The number of nitrogens with one attached hydrogen (secondary N) is 1. The average molecular weight is 350 g/mol. The molecule has 0 unspecified atom stereocenters. The molecule has 8 heteroatoms. The lowest BCUT2D eigenvalue weighted by Gasteiger charge is -2.07. The molecular formula is C16H13ClFN3O3. The van der Waals surface area contributed by atoms with Crippen LogP contribution >= 0.6 is 11.6 Å². The predicted octanol–water partition coefficient (Wildman–Crippen LogP) is 3.30. The van der Waals surface area contributed by atoms with E-state index in [1.165, 1.54) is 28.9 Å². The summed E-state index contributed by atoms with van der Waals surface area (Å²) in [5.41, 5.74) is -0.0107. The average Bonchev–Trinajstić information content (AvgIpc) is 2.90. The Balaban J connectivity index is 2.35. The Morgan fingerprint density at radius 2 is 2.12 bits per heavy atom. The zero-order valence-electron chi connectivity index (χ0n) is 12.8. The fourth-order valence-electron chi connectivity index (χ4n) is 2.67. The zero-order valence-corrected chi connectivity index (χ0v) is 13.6. The van der Waals surface area contributed by atoms with Gasteiger partial charge in [-0.15, -0.1) is 5.10 Å². The Bertz CT molecular complexity index is 1020. The van der Waals surface area contributed by atoms with Crippen LogP contribution in [0.1, 0.15) is 35.7 Å². The van der Waals surface area contributed by atoms with Crippen molar-refractivity contribution in [3.05, 3.63) is 56.7 Å². The number of hydrogen-bond donors (Lipinski definition) is 2. The van der Waals surface area contributed by atoms with Crippen molar-refractivity contribution in [2.45, 2.75) is 19.8 Å². The second-order valence-corrected chi connectivity index (χ2v) is 6.07. The van der Waals surface area contributed by atoms with E-state index in [9.17, 15) is 19.1 Å². The summed E-state index contributed by atoms with van der Waals surface area (Å²) in [5, 5.41) is 13.8. The fourth-order valence-corrected chi connectivity index (χ4v) is 2.84. The van der Waals surface area contributed by atoms with Gasteiger partial charge in [-0.3, -0.25) is 4.79 Å². The van der Waals surface area contributed by atoms with Gasteiger partial charge in [-0.2, -0.15) is 0 Å². The summed E-state index contributed by atoms with van der Waals surface area (Å²) in [7, 11) is 0. The van der Waals surface area contributed by atoms with Crippen LogP contribution in [0.4, 0.5) is 4.39 Å². The first-order valence-electron chi connectivity index (χ1n) is 7.14. The van der Waals surface area contributed by atoms with E-state index >= 15 is 0 Å². The molecule has 0 fully saturated rings. The molecule has 0 aliphatic rings. The van der Waals surface area contributed by atoms with Gasteiger partial charge in [-0.05, 0) is 24.1 Å². The number of H-pyrrole nitrogens is 1. The Morgan fingerprint density at radius 1 is 1.42 bits per heavy atom. The molecule has 0 aliphatic heterocycles. The number of hydrogen-bond acceptors (Lipinski definition) is 3. The molecule has 0 saturated carbocycles. The SMILES string of the molecule is CC(C)c1c(C(=O)O)cn2nc(-c3cc(Cl)ccc3F)[nH]c(=O)c12. The number of fused-ring (bicyclic) bond motifs is 1. The first-order valence-corrected chi connectivity index (χ1v) is 7.51. The monoisotopic (exact) mass is 349 g/mol. The Labute approximate surface area is 140 Å². The lowest BCUT2D eigenvalue weighted by molar-refractivity contribution is 0.0695. The van der Waals surface area contributed by atoms with Gasteiger partial charge in [0.05, 0.1) is 11.1 Å². The highest BCUT2D eigenvalue weighted by Crippen LogP contribution is 2.26. The van der Waals surface area contributed by atoms with Gasteiger partial charge in [0.15, 0.2) is 5.82 Å². The first kappa shape index (κ1) is 16.2. The van der Waals surface area contributed by atoms with Crippen LogP contribution in [0.3, 0.4) is 0 Å². The number of nitrogens with zero attached hydrogens (tertiary/aromatic N) is 2. The minimum absolute atomic E-state index is 0.00767. The number of aromatic amines is 1. The maximum absolute atomic E-state index is 14.0. The van der Waals surface area contributed by atoms with Crippen LogP contribution in [-0.2, 0) is 0 Å². The molecule has 6 nitrogen and oxygen atoms in total. The van der Waals surface area contributed by atoms with Crippen molar-refractivity contribution in [3.63, 3.8) is 0 Å². The number of halogens is 2. The molecule has 0 aliphatic carbocycles. The number of carbonyl (C=O) groups is 1. The van der Waals surface area contributed by atoms with Gasteiger partial charge in [0.25, 0.3) is 5.56 Å². The topological polar surface area (TPSA) is 87.5 Å². The molecule has 1 aromatic carbocycles. The fraction of sp³-hybridized carbons (Fsp3) is 0.188. The van der Waals surface area contributed by atoms with E-state index in [2.05, 4.69) is 10.1 Å². The number of aromatic carboxylic acids is 1. The standard InChI is InChI=1S/C16H13ClFN3O3/c1-7(2)12-10(16(23)24)6-21-13(12)15(22)19-14(20-21)9-5-8(17)3-4-11(9)18/h3-7H,1-2H3,(H,23,24)(H,19,20,22). The molecule has 0 bridgehead atoms. The number of carboxylic acid groups (broad SMARTS) is 1. The van der Waals surface area contributed by atoms with Crippen LogP contribution in [0, 0.1) is 5.82 Å². The molecule has 0 amide bonds. The number of rotatable bonds is 3. The third-order valence-corrected chi connectivity index (χ3v) is 3.91. The highest BCUT2D eigenvalue weighted by Gasteiger charge is 2.23. The van der Waals surface area contributed by atoms with Crippen molar-refractivity contribution in [1.82, 2.24) is 14.6 Å². The van der Waals surface area contributed by atoms with E-state index in [1.807, 2.05) is 0 Å². The molecule has 0 atom stereocenters. The molecule has 0 saturated heterocycles. The third kappa shape index (κ3) is 2.56. The molecule has 124 valence electrons. The summed E-state index contributed by atoms with van der Waals surface area (Å²) in [6, 6.07) is 3.89. The summed E-state index contributed by atoms with van der Waals surface area (Å²) >= 11 is 5.87. The predicted molar refractivity (Wildman–Crippen MR) is 87.3 cm³/mol. The minimum Gasteiger partial charge on any atom is -0.478 e. The van der Waals surface area contributed by atoms with Gasteiger partial charge < -0.3 is 10.1 Å². The Hall–Kier alpha value is -2.67.